The van der Waals surface area contributed by atoms with Crippen LogP contribution in [-0.2, 0) is 10.0 Å². The molecule has 1 saturated carbocycles. The highest BCUT2D eigenvalue weighted by atomic mass is 32.2. The first-order valence-corrected chi connectivity index (χ1v) is 11.3. The van der Waals surface area contributed by atoms with Crippen LogP contribution in [0.1, 0.15) is 43.7 Å². The molecule has 9 heteroatoms. The van der Waals surface area contributed by atoms with Gasteiger partial charge in [0.2, 0.25) is 0 Å². The van der Waals surface area contributed by atoms with Crippen LogP contribution in [0.15, 0.2) is 46.4 Å². The summed E-state index contributed by atoms with van der Waals surface area (Å²) in [5.74, 6) is 0.660. The molecule has 0 amide bonds. The zero-order valence-corrected chi connectivity index (χ0v) is 18.1. The van der Waals surface area contributed by atoms with Crippen LogP contribution in [-0.4, -0.2) is 19.1 Å². The average Bonchev–Trinajstić information content (AvgIpc) is 2.69. The van der Waals surface area contributed by atoms with E-state index in [2.05, 4.69) is 22.2 Å². The predicted octanol–water partition coefficient (Wildman–Crippen LogP) is 4.99. The number of rotatable bonds is 6. The Hall–Kier alpha value is -2.94. The van der Waals surface area contributed by atoms with E-state index in [1.54, 1.807) is 19.1 Å². The maximum absolute atomic E-state index is 12.8. The number of nitrogens with zero attached hydrogens (tertiary/aromatic N) is 2. The van der Waals surface area contributed by atoms with Crippen LogP contribution in [0.25, 0.3) is 0 Å². The Balaban J connectivity index is 1.85. The Kier molecular flexibility index (Phi) is 6.40. The molecule has 0 aliphatic heterocycles. The molecule has 0 unspecified atom stereocenters. The minimum absolute atomic E-state index is 0.164. The lowest BCUT2D eigenvalue weighted by atomic mass is 9.90. The third-order valence-electron chi connectivity index (χ3n) is 5.29. The number of nitro groups is 1. The van der Waals surface area contributed by atoms with E-state index >= 15 is 0 Å². The molecule has 30 heavy (non-hydrogen) atoms. The van der Waals surface area contributed by atoms with Crippen LogP contribution >= 0.6 is 0 Å². The molecule has 0 bridgehead atoms. The molecule has 0 saturated heterocycles. The number of nitro benzene ring substituents is 1. The number of hydrogen-bond donors (Lipinski definition) is 2. The highest BCUT2D eigenvalue weighted by Gasteiger charge is 2.22. The van der Waals surface area contributed by atoms with Gasteiger partial charge in [0, 0.05) is 11.8 Å². The Morgan fingerprint density at radius 3 is 2.37 bits per heavy atom. The Morgan fingerprint density at radius 2 is 1.73 bits per heavy atom. The molecule has 2 N–H and O–H groups in total. The standard InChI is InChI=1S/C21H26N4O4S/c1-14-4-7-17(8-5-14)22-23-20-11-9-18(13-21(20)25(26)27)30(28,29)24-19-10-6-15(2)12-16(19)3/h6,9-14,23-24H,4-5,7-8H2,1-3H3. The third-order valence-corrected chi connectivity index (χ3v) is 6.65. The van der Waals surface area contributed by atoms with Crippen LogP contribution in [0.5, 0.6) is 0 Å². The van der Waals surface area contributed by atoms with E-state index in [0.717, 1.165) is 48.6 Å². The number of benzene rings is 2. The van der Waals surface area contributed by atoms with Gasteiger partial charge in [-0.25, -0.2) is 8.42 Å². The monoisotopic (exact) mass is 430 g/mol. The van der Waals surface area contributed by atoms with Gasteiger partial charge in [0.25, 0.3) is 15.7 Å². The van der Waals surface area contributed by atoms with Gasteiger partial charge in [-0.2, -0.15) is 5.10 Å². The third kappa shape index (κ3) is 5.15. The molecule has 1 fully saturated rings. The fourth-order valence-corrected chi connectivity index (χ4v) is 4.55. The SMILES string of the molecule is Cc1ccc(NS(=O)(=O)c2ccc(NN=C3CCC(C)CC3)c([N+](=O)[O-])c2)c(C)c1. The Morgan fingerprint density at radius 1 is 1.07 bits per heavy atom. The summed E-state index contributed by atoms with van der Waals surface area (Å²) < 4.78 is 28.1. The van der Waals surface area contributed by atoms with Crippen molar-refractivity contribution in [3.8, 4) is 0 Å². The zero-order valence-electron chi connectivity index (χ0n) is 17.3. The smallest absolute Gasteiger partial charge is 0.279 e. The van der Waals surface area contributed by atoms with Crippen LogP contribution in [0.4, 0.5) is 17.1 Å². The molecule has 8 nitrogen and oxygen atoms in total. The van der Waals surface area contributed by atoms with Crippen molar-refractivity contribution >= 4 is 32.8 Å². The molecule has 0 radical (unpaired) electrons. The number of aryl methyl sites for hydroxylation is 2. The number of anilines is 2. The number of sulfonamides is 1. The van der Waals surface area contributed by atoms with E-state index < -0.39 is 14.9 Å². The fraction of sp³-hybridized carbons (Fsp3) is 0.381. The molecule has 0 spiro atoms. The molecule has 0 aromatic heterocycles. The molecule has 1 aliphatic rings. The number of hydrogen-bond acceptors (Lipinski definition) is 6. The van der Waals surface area contributed by atoms with Crippen molar-refractivity contribution in [2.75, 3.05) is 10.1 Å². The van der Waals surface area contributed by atoms with Crippen LogP contribution in [0.3, 0.4) is 0 Å². The topological polar surface area (TPSA) is 114 Å². The summed E-state index contributed by atoms with van der Waals surface area (Å²) in [5, 5.41) is 15.9. The van der Waals surface area contributed by atoms with Gasteiger partial charge in [-0.3, -0.25) is 20.3 Å². The molecule has 3 rings (SSSR count). The van der Waals surface area contributed by atoms with Crippen molar-refractivity contribution in [3.05, 3.63) is 57.6 Å². The maximum atomic E-state index is 12.8. The van der Waals surface area contributed by atoms with Crippen molar-refractivity contribution in [3.63, 3.8) is 0 Å². The summed E-state index contributed by atoms with van der Waals surface area (Å²) >= 11 is 0. The van der Waals surface area contributed by atoms with Gasteiger partial charge in [0.05, 0.1) is 15.5 Å². The van der Waals surface area contributed by atoms with E-state index in [9.17, 15) is 18.5 Å². The predicted molar refractivity (Wildman–Crippen MR) is 119 cm³/mol. The average molecular weight is 431 g/mol. The summed E-state index contributed by atoms with van der Waals surface area (Å²) in [4.78, 5) is 10.8. The van der Waals surface area contributed by atoms with Crippen molar-refractivity contribution in [1.29, 1.82) is 0 Å². The lowest BCUT2D eigenvalue weighted by Crippen LogP contribution is -2.15. The summed E-state index contributed by atoms with van der Waals surface area (Å²) in [6, 6.07) is 9.10. The van der Waals surface area contributed by atoms with E-state index in [4.69, 9.17) is 0 Å². The van der Waals surface area contributed by atoms with Gasteiger partial charge in [0.1, 0.15) is 5.69 Å². The van der Waals surface area contributed by atoms with Gasteiger partial charge < -0.3 is 0 Å². The van der Waals surface area contributed by atoms with E-state index in [1.165, 1.54) is 12.1 Å². The molecule has 1 aliphatic carbocycles. The molecule has 160 valence electrons. The molecule has 0 heterocycles. The lowest BCUT2D eigenvalue weighted by molar-refractivity contribution is -0.384. The molecular weight excluding hydrogens is 404 g/mol. The molecule has 2 aromatic rings. The Bertz CT molecular complexity index is 1090. The van der Waals surface area contributed by atoms with Gasteiger partial charge in [-0.1, -0.05) is 24.6 Å². The van der Waals surface area contributed by atoms with Gasteiger partial charge >= 0.3 is 0 Å². The van der Waals surface area contributed by atoms with Gasteiger partial charge in [0.15, 0.2) is 0 Å². The van der Waals surface area contributed by atoms with Crippen molar-refractivity contribution in [1.82, 2.24) is 0 Å². The quantitative estimate of drug-likeness (QED) is 0.495. The molecular formula is C21H26N4O4S. The molecule has 0 atom stereocenters. The minimum Gasteiger partial charge on any atom is -0.279 e. The first-order valence-electron chi connectivity index (χ1n) is 9.85. The second-order valence-corrected chi connectivity index (χ2v) is 9.51. The van der Waals surface area contributed by atoms with Crippen LogP contribution in [0, 0.1) is 29.9 Å². The van der Waals surface area contributed by atoms with Crippen molar-refractivity contribution in [2.45, 2.75) is 51.3 Å². The first-order chi connectivity index (χ1) is 14.2. The second-order valence-electron chi connectivity index (χ2n) is 7.83. The van der Waals surface area contributed by atoms with Gasteiger partial charge in [-0.15, -0.1) is 0 Å². The van der Waals surface area contributed by atoms with E-state index in [0.29, 0.717) is 11.6 Å². The zero-order chi connectivity index (χ0) is 21.9. The number of nitrogens with one attached hydrogen (secondary N) is 2. The van der Waals surface area contributed by atoms with Crippen LogP contribution < -0.4 is 10.1 Å². The Labute approximate surface area is 176 Å². The summed E-state index contributed by atoms with van der Waals surface area (Å²) in [6.45, 7) is 5.91. The highest BCUT2D eigenvalue weighted by molar-refractivity contribution is 7.92. The number of hydrazone groups is 1. The first kappa shape index (κ1) is 21.8. The molecule has 2 aromatic carbocycles. The largest absolute Gasteiger partial charge is 0.295 e. The lowest BCUT2D eigenvalue weighted by Gasteiger charge is -2.19. The minimum atomic E-state index is -3.98. The summed E-state index contributed by atoms with van der Waals surface area (Å²) in [5.41, 5.74) is 5.76. The second kappa shape index (κ2) is 8.83. The van der Waals surface area contributed by atoms with Crippen LogP contribution in [0.2, 0.25) is 0 Å². The summed E-state index contributed by atoms with van der Waals surface area (Å²) in [7, 11) is -3.98. The van der Waals surface area contributed by atoms with Crippen molar-refractivity contribution < 1.29 is 13.3 Å². The van der Waals surface area contributed by atoms with Gasteiger partial charge in [-0.05, 0) is 69.2 Å². The fourth-order valence-electron chi connectivity index (χ4n) is 3.40. The van der Waals surface area contributed by atoms with E-state index in [1.807, 2.05) is 13.0 Å². The summed E-state index contributed by atoms with van der Waals surface area (Å²) in [6.07, 6.45) is 3.80. The highest BCUT2D eigenvalue weighted by Crippen LogP contribution is 2.30. The van der Waals surface area contributed by atoms with Crippen molar-refractivity contribution in [2.24, 2.45) is 11.0 Å². The maximum Gasteiger partial charge on any atom is 0.295 e. The van der Waals surface area contributed by atoms with E-state index in [-0.39, 0.29) is 16.3 Å². The normalized spacial score (nSPS) is 16.8.